The first-order valence-electron chi connectivity index (χ1n) is 6.56. The summed E-state index contributed by atoms with van der Waals surface area (Å²) in [6.07, 6.45) is 3.34. The minimum atomic E-state index is 0.449. The number of benzene rings is 1. The Hall–Kier alpha value is -0.730. The van der Waals surface area contributed by atoms with Crippen molar-refractivity contribution in [2.24, 2.45) is 5.73 Å². The lowest BCUT2D eigenvalue weighted by Crippen LogP contribution is -2.04. The van der Waals surface area contributed by atoms with Crippen molar-refractivity contribution in [2.75, 3.05) is 13.7 Å². The molecule has 0 saturated carbocycles. The van der Waals surface area contributed by atoms with Crippen molar-refractivity contribution in [3.8, 4) is 5.75 Å². The van der Waals surface area contributed by atoms with Crippen molar-refractivity contribution in [2.45, 2.75) is 46.0 Å². The van der Waals surface area contributed by atoms with E-state index < -0.39 is 0 Å². The minimum Gasteiger partial charge on any atom is -0.496 e. The summed E-state index contributed by atoms with van der Waals surface area (Å²) in [6.45, 7) is 7.08. The van der Waals surface area contributed by atoms with E-state index >= 15 is 0 Å². The van der Waals surface area contributed by atoms with Crippen LogP contribution in [-0.4, -0.2) is 13.7 Å². The molecule has 0 aliphatic rings. The number of hydrogen-bond donors (Lipinski definition) is 1. The third-order valence-electron chi connectivity index (χ3n) is 3.50. The fourth-order valence-electron chi connectivity index (χ4n) is 2.46. The van der Waals surface area contributed by atoms with Crippen LogP contribution in [0.15, 0.2) is 6.07 Å². The summed E-state index contributed by atoms with van der Waals surface area (Å²) in [4.78, 5) is 0. The van der Waals surface area contributed by atoms with Crippen molar-refractivity contribution in [3.05, 3.63) is 27.8 Å². The van der Waals surface area contributed by atoms with Crippen LogP contribution in [0.1, 0.15) is 48.8 Å². The Morgan fingerprint density at radius 1 is 1.33 bits per heavy atom. The zero-order valence-electron chi connectivity index (χ0n) is 11.8. The lowest BCUT2D eigenvalue weighted by Gasteiger charge is -2.20. The summed E-state index contributed by atoms with van der Waals surface area (Å²) in [5.74, 6) is 1.40. The largest absolute Gasteiger partial charge is 0.496 e. The molecular weight excluding hydrogens is 246 g/mol. The van der Waals surface area contributed by atoms with E-state index in [4.69, 9.17) is 22.1 Å². The first-order valence-corrected chi connectivity index (χ1v) is 6.94. The number of methoxy groups -OCH3 is 1. The van der Waals surface area contributed by atoms with Crippen LogP contribution in [-0.2, 0) is 0 Å². The van der Waals surface area contributed by atoms with Crippen molar-refractivity contribution in [1.82, 2.24) is 0 Å². The smallest absolute Gasteiger partial charge is 0.122 e. The molecule has 0 fully saturated rings. The maximum atomic E-state index is 6.34. The standard InChI is InChI=1S/C15H24ClNO/c1-10(7-5-6-8-17)14-12(3)15(16)11(2)9-13(14)18-4/h9-10H,5-8,17H2,1-4H3. The van der Waals surface area contributed by atoms with E-state index in [1.165, 1.54) is 5.56 Å². The Labute approximate surface area is 115 Å². The molecule has 0 bridgehead atoms. The van der Waals surface area contributed by atoms with Gasteiger partial charge in [-0.25, -0.2) is 0 Å². The lowest BCUT2D eigenvalue weighted by molar-refractivity contribution is 0.403. The molecule has 1 atom stereocenters. The Kier molecular flexibility index (Phi) is 5.97. The van der Waals surface area contributed by atoms with Crippen LogP contribution >= 0.6 is 11.6 Å². The molecule has 3 heteroatoms. The molecule has 1 aromatic rings. The van der Waals surface area contributed by atoms with Crippen LogP contribution in [0.4, 0.5) is 0 Å². The predicted molar refractivity (Wildman–Crippen MR) is 78.8 cm³/mol. The van der Waals surface area contributed by atoms with E-state index in [9.17, 15) is 0 Å². The molecule has 0 aliphatic carbocycles. The van der Waals surface area contributed by atoms with Crippen molar-refractivity contribution >= 4 is 11.6 Å². The van der Waals surface area contributed by atoms with Gasteiger partial charge in [-0.15, -0.1) is 0 Å². The second-order valence-electron chi connectivity index (χ2n) is 4.93. The molecule has 18 heavy (non-hydrogen) atoms. The Bertz CT molecular complexity index is 404. The summed E-state index contributed by atoms with van der Waals surface area (Å²) in [5.41, 5.74) is 9.00. The highest BCUT2D eigenvalue weighted by atomic mass is 35.5. The van der Waals surface area contributed by atoms with E-state index in [0.29, 0.717) is 5.92 Å². The monoisotopic (exact) mass is 269 g/mol. The number of nitrogens with two attached hydrogens (primary N) is 1. The SMILES string of the molecule is COc1cc(C)c(Cl)c(C)c1C(C)CCCCN. The predicted octanol–water partition coefficient (Wildman–Crippen LogP) is 4.20. The molecule has 0 saturated heterocycles. The number of aryl methyl sites for hydroxylation is 1. The molecule has 0 spiro atoms. The number of rotatable bonds is 6. The number of unbranched alkanes of at least 4 members (excludes halogenated alkanes) is 1. The fraction of sp³-hybridized carbons (Fsp3) is 0.600. The molecule has 1 unspecified atom stereocenters. The lowest BCUT2D eigenvalue weighted by atomic mass is 9.90. The highest BCUT2D eigenvalue weighted by Gasteiger charge is 2.17. The van der Waals surface area contributed by atoms with Crippen LogP contribution < -0.4 is 10.5 Å². The third kappa shape index (κ3) is 3.39. The summed E-state index contributed by atoms with van der Waals surface area (Å²) >= 11 is 6.34. The highest BCUT2D eigenvalue weighted by molar-refractivity contribution is 6.32. The molecule has 0 aromatic heterocycles. The second kappa shape index (κ2) is 7.01. The van der Waals surface area contributed by atoms with E-state index in [1.807, 2.05) is 13.0 Å². The molecule has 0 aliphatic heterocycles. The van der Waals surface area contributed by atoms with Gasteiger partial charge in [0, 0.05) is 10.6 Å². The van der Waals surface area contributed by atoms with Gasteiger partial charge in [0.2, 0.25) is 0 Å². The average molecular weight is 270 g/mol. The topological polar surface area (TPSA) is 35.2 Å². The quantitative estimate of drug-likeness (QED) is 0.786. The number of hydrogen-bond acceptors (Lipinski definition) is 2. The maximum Gasteiger partial charge on any atom is 0.122 e. The molecule has 1 rings (SSSR count). The van der Waals surface area contributed by atoms with Crippen LogP contribution in [0.25, 0.3) is 0 Å². The van der Waals surface area contributed by atoms with Gasteiger partial charge >= 0.3 is 0 Å². The van der Waals surface area contributed by atoms with Gasteiger partial charge in [0.05, 0.1) is 7.11 Å². The first kappa shape index (κ1) is 15.3. The van der Waals surface area contributed by atoms with E-state index in [2.05, 4.69) is 13.8 Å². The Balaban J connectivity index is 3.02. The molecule has 0 radical (unpaired) electrons. The van der Waals surface area contributed by atoms with Crippen LogP contribution in [0.3, 0.4) is 0 Å². The van der Waals surface area contributed by atoms with Crippen LogP contribution in [0.2, 0.25) is 5.02 Å². The minimum absolute atomic E-state index is 0.449. The molecule has 102 valence electrons. The Morgan fingerprint density at radius 3 is 2.56 bits per heavy atom. The summed E-state index contributed by atoms with van der Waals surface area (Å²) in [5, 5.41) is 0.858. The van der Waals surface area contributed by atoms with E-state index in [-0.39, 0.29) is 0 Å². The van der Waals surface area contributed by atoms with E-state index in [0.717, 1.165) is 47.7 Å². The van der Waals surface area contributed by atoms with Gasteiger partial charge in [0.25, 0.3) is 0 Å². The van der Waals surface area contributed by atoms with Gasteiger partial charge in [0.1, 0.15) is 5.75 Å². The highest BCUT2D eigenvalue weighted by Crippen LogP contribution is 2.38. The summed E-state index contributed by atoms with van der Waals surface area (Å²) in [6, 6.07) is 2.03. The van der Waals surface area contributed by atoms with Gasteiger partial charge in [-0.1, -0.05) is 24.9 Å². The fourth-order valence-corrected chi connectivity index (χ4v) is 2.61. The second-order valence-corrected chi connectivity index (χ2v) is 5.31. The summed E-state index contributed by atoms with van der Waals surface area (Å²) in [7, 11) is 1.72. The normalized spacial score (nSPS) is 12.6. The summed E-state index contributed by atoms with van der Waals surface area (Å²) < 4.78 is 5.51. The van der Waals surface area contributed by atoms with Gasteiger partial charge in [0.15, 0.2) is 0 Å². The number of ether oxygens (including phenoxy) is 1. The zero-order valence-corrected chi connectivity index (χ0v) is 12.6. The van der Waals surface area contributed by atoms with Gasteiger partial charge in [-0.3, -0.25) is 0 Å². The van der Waals surface area contributed by atoms with Crippen molar-refractivity contribution < 1.29 is 4.74 Å². The molecule has 0 heterocycles. The molecule has 2 N–H and O–H groups in total. The van der Waals surface area contributed by atoms with Gasteiger partial charge in [-0.05, 0) is 56.3 Å². The first-order chi connectivity index (χ1) is 8.52. The van der Waals surface area contributed by atoms with Crippen LogP contribution in [0, 0.1) is 13.8 Å². The van der Waals surface area contributed by atoms with E-state index in [1.54, 1.807) is 7.11 Å². The molecule has 0 amide bonds. The molecular formula is C15H24ClNO. The molecule has 1 aromatic carbocycles. The number of halogens is 1. The zero-order chi connectivity index (χ0) is 13.7. The molecule has 2 nitrogen and oxygen atoms in total. The van der Waals surface area contributed by atoms with Crippen molar-refractivity contribution in [1.29, 1.82) is 0 Å². The Morgan fingerprint density at radius 2 is 2.00 bits per heavy atom. The average Bonchev–Trinajstić information content (AvgIpc) is 2.35. The third-order valence-corrected chi connectivity index (χ3v) is 4.08. The van der Waals surface area contributed by atoms with Crippen LogP contribution in [0.5, 0.6) is 5.75 Å². The van der Waals surface area contributed by atoms with Gasteiger partial charge in [-0.2, -0.15) is 0 Å². The van der Waals surface area contributed by atoms with Gasteiger partial charge < -0.3 is 10.5 Å². The van der Waals surface area contributed by atoms with Crippen molar-refractivity contribution in [3.63, 3.8) is 0 Å². The maximum absolute atomic E-state index is 6.34.